The quantitative estimate of drug-likeness (QED) is 0.915. The molecule has 1 aromatic heterocycles. The number of anilines is 2. The number of thiazole rings is 1. The van der Waals surface area contributed by atoms with E-state index in [0.717, 1.165) is 34.7 Å². The van der Waals surface area contributed by atoms with Crippen LogP contribution in [0.15, 0.2) is 29.9 Å². The minimum Gasteiger partial charge on any atom is -0.326 e. The van der Waals surface area contributed by atoms with Crippen molar-refractivity contribution in [3.05, 3.63) is 40.3 Å². The standard InChI is InChI=1S/C15H15N3O2S/c19-14-3-1-2-10-6-11(4-5-13(10)18-14)17-15(20)7-12-8-16-9-21-12/h4-6,8-9H,1-3,7H2,(H,17,20)(H,18,19). The summed E-state index contributed by atoms with van der Waals surface area (Å²) in [4.78, 5) is 28.4. The van der Waals surface area contributed by atoms with Crippen LogP contribution < -0.4 is 10.6 Å². The van der Waals surface area contributed by atoms with Crippen molar-refractivity contribution in [3.8, 4) is 0 Å². The van der Waals surface area contributed by atoms with E-state index in [1.807, 2.05) is 18.2 Å². The molecule has 0 unspecified atom stereocenters. The summed E-state index contributed by atoms with van der Waals surface area (Å²) in [5.41, 5.74) is 4.39. The molecule has 0 aliphatic carbocycles. The maximum absolute atomic E-state index is 12.0. The Hall–Kier alpha value is -2.21. The lowest BCUT2D eigenvalue weighted by Gasteiger charge is -2.10. The zero-order valence-electron chi connectivity index (χ0n) is 11.4. The van der Waals surface area contributed by atoms with Crippen LogP contribution in [0.5, 0.6) is 0 Å². The van der Waals surface area contributed by atoms with Gasteiger partial charge in [0.05, 0.1) is 11.9 Å². The number of aromatic nitrogens is 1. The van der Waals surface area contributed by atoms with E-state index in [-0.39, 0.29) is 11.8 Å². The molecule has 0 bridgehead atoms. The fraction of sp³-hybridized carbons (Fsp3) is 0.267. The highest BCUT2D eigenvalue weighted by atomic mass is 32.1. The van der Waals surface area contributed by atoms with E-state index in [4.69, 9.17) is 0 Å². The van der Waals surface area contributed by atoms with Crippen molar-refractivity contribution < 1.29 is 9.59 Å². The lowest BCUT2D eigenvalue weighted by Crippen LogP contribution is -2.14. The van der Waals surface area contributed by atoms with Gasteiger partial charge < -0.3 is 10.6 Å². The predicted molar refractivity (Wildman–Crippen MR) is 82.5 cm³/mol. The highest BCUT2D eigenvalue weighted by molar-refractivity contribution is 7.09. The highest BCUT2D eigenvalue weighted by Gasteiger charge is 2.13. The van der Waals surface area contributed by atoms with E-state index < -0.39 is 0 Å². The van der Waals surface area contributed by atoms with Gasteiger partial charge in [0.2, 0.25) is 11.8 Å². The second-order valence-corrected chi connectivity index (χ2v) is 5.94. The molecule has 3 rings (SSSR count). The number of fused-ring (bicyclic) bond motifs is 1. The first kappa shape index (κ1) is 13.8. The molecular weight excluding hydrogens is 286 g/mol. The molecule has 2 aromatic rings. The SMILES string of the molecule is O=C(Cc1cncs1)Nc1ccc2c(c1)CCCC(=O)N2. The maximum Gasteiger partial charge on any atom is 0.229 e. The van der Waals surface area contributed by atoms with Crippen LogP contribution in [-0.2, 0) is 22.4 Å². The molecule has 1 aliphatic rings. The molecule has 108 valence electrons. The van der Waals surface area contributed by atoms with Crippen LogP contribution in [0.25, 0.3) is 0 Å². The van der Waals surface area contributed by atoms with Crippen molar-refractivity contribution in [3.63, 3.8) is 0 Å². The zero-order chi connectivity index (χ0) is 14.7. The van der Waals surface area contributed by atoms with Gasteiger partial charge in [-0.05, 0) is 36.6 Å². The second kappa shape index (κ2) is 6.05. The molecule has 0 spiro atoms. The number of hydrogen-bond donors (Lipinski definition) is 2. The number of hydrogen-bond acceptors (Lipinski definition) is 4. The van der Waals surface area contributed by atoms with E-state index in [2.05, 4.69) is 15.6 Å². The average Bonchev–Trinajstić information content (AvgIpc) is 2.87. The first-order valence-corrected chi connectivity index (χ1v) is 7.69. The molecule has 21 heavy (non-hydrogen) atoms. The monoisotopic (exact) mass is 301 g/mol. The van der Waals surface area contributed by atoms with Crippen LogP contribution >= 0.6 is 11.3 Å². The lowest BCUT2D eigenvalue weighted by molar-refractivity contribution is -0.116. The highest BCUT2D eigenvalue weighted by Crippen LogP contribution is 2.25. The van der Waals surface area contributed by atoms with Crippen molar-refractivity contribution in [1.29, 1.82) is 0 Å². The van der Waals surface area contributed by atoms with Crippen molar-refractivity contribution in [2.75, 3.05) is 10.6 Å². The van der Waals surface area contributed by atoms with Crippen molar-refractivity contribution >= 4 is 34.5 Å². The smallest absolute Gasteiger partial charge is 0.229 e. The third-order valence-corrected chi connectivity index (χ3v) is 4.11. The van der Waals surface area contributed by atoms with E-state index >= 15 is 0 Å². The Bertz CT molecular complexity index is 668. The second-order valence-electron chi connectivity index (χ2n) is 4.97. The molecule has 0 saturated carbocycles. The Morgan fingerprint density at radius 3 is 3.10 bits per heavy atom. The first-order valence-electron chi connectivity index (χ1n) is 6.81. The summed E-state index contributed by atoms with van der Waals surface area (Å²) >= 11 is 1.47. The number of aryl methyl sites for hydroxylation is 1. The number of carbonyl (C=O) groups is 2. The summed E-state index contributed by atoms with van der Waals surface area (Å²) in [5, 5.41) is 5.77. The van der Waals surface area contributed by atoms with Gasteiger partial charge in [-0.1, -0.05) is 0 Å². The minimum absolute atomic E-state index is 0.0516. The van der Waals surface area contributed by atoms with Gasteiger partial charge in [0.15, 0.2) is 0 Å². The minimum atomic E-state index is -0.0585. The van der Waals surface area contributed by atoms with Crippen molar-refractivity contribution in [2.24, 2.45) is 0 Å². The van der Waals surface area contributed by atoms with E-state index in [0.29, 0.717) is 12.8 Å². The normalized spacial score (nSPS) is 14.0. The molecule has 5 nitrogen and oxygen atoms in total. The Morgan fingerprint density at radius 1 is 1.38 bits per heavy atom. The molecule has 0 atom stereocenters. The molecule has 2 amide bonds. The number of benzene rings is 1. The first-order chi connectivity index (χ1) is 10.2. The summed E-state index contributed by atoms with van der Waals surface area (Å²) in [6.45, 7) is 0. The van der Waals surface area contributed by atoms with Gasteiger partial charge >= 0.3 is 0 Å². The number of nitrogens with zero attached hydrogens (tertiary/aromatic N) is 1. The topological polar surface area (TPSA) is 71.1 Å². The summed E-state index contributed by atoms with van der Waals surface area (Å²) in [6.07, 6.45) is 4.25. The number of carbonyl (C=O) groups excluding carboxylic acids is 2. The summed E-state index contributed by atoms with van der Waals surface area (Å²) in [6, 6.07) is 5.60. The number of nitrogens with one attached hydrogen (secondary N) is 2. The van der Waals surface area contributed by atoms with Crippen LogP contribution in [0, 0.1) is 0 Å². The maximum atomic E-state index is 12.0. The van der Waals surface area contributed by atoms with Gasteiger partial charge in [0, 0.05) is 28.9 Å². The Morgan fingerprint density at radius 2 is 2.29 bits per heavy atom. The fourth-order valence-corrected chi connectivity index (χ4v) is 2.94. The summed E-state index contributed by atoms with van der Waals surface area (Å²) in [5.74, 6) is -0.00686. The van der Waals surface area contributed by atoms with Gasteiger partial charge in [0.1, 0.15) is 0 Å². The Kier molecular flexibility index (Phi) is 3.96. The van der Waals surface area contributed by atoms with Crippen molar-refractivity contribution in [2.45, 2.75) is 25.7 Å². The molecule has 2 heterocycles. The molecule has 1 aromatic carbocycles. The molecule has 0 radical (unpaired) electrons. The van der Waals surface area contributed by atoms with Crippen LogP contribution in [0.2, 0.25) is 0 Å². The van der Waals surface area contributed by atoms with Gasteiger partial charge in [-0.15, -0.1) is 11.3 Å². The lowest BCUT2D eigenvalue weighted by atomic mass is 10.1. The molecule has 6 heteroatoms. The van der Waals surface area contributed by atoms with Gasteiger partial charge in [0.25, 0.3) is 0 Å². The largest absolute Gasteiger partial charge is 0.326 e. The van der Waals surface area contributed by atoms with Crippen LogP contribution in [0.4, 0.5) is 11.4 Å². The zero-order valence-corrected chi connectivity index (χ0v) is 12.2. The van der Waals surface area contributed by atoms with E-state index in [1.54, 1.807) is 11.7 Å². The fourth-order valence-electron chi connectivity index (χ4n) is 2.35. The third kappa shape index (κ3) is 3.46. The molecule has 0 fully saturated rings. The Balaban J connectivity index is 1.70. The molecule has 1 aliphatic heterocycles. The van der Waals surface area contributed by atoms with Crippen LogP contribution in [0.1, 0.15) is 23.3 Å². The summed E-state index contributed by atoms with van der Waals surface area (Å²) in [7, 11) is 0. The Labute approximate surface area is 126 Å². The summed E-state index contributed by atoms with van der Waals surface area (Å²) < 4.78 is 0. The third-order valence-electron chi connectivity index (χ3n) is 3.33. The van der Waals surface area contributed by atoms with Crippen LogP contribution in [-0.4, -0.2) is 16.8 Å². The van der Waals surface area contributed by atoms with Gasteiger partial charge in [-0.25, -0.2) is 0 Å². The van der Waals surface area contributed by atoms with Crippen LogP contribution in [0.3, 0.4) is 0 Å². The number of amides is 2. The predicted octanol–water partition coefficient (Wildman–Crippen LogP) is 2.60. The average molecular weight is 301 g/mol. The van der Waals surface area contributed by atoms with E-state index in [9.17, 15) is 9.59 Å². The van der Waals surface area contributed by atoms with Gasteiger partial charge in [-0.3, -0.25) is 14.6 Å². The van der Waals surface area contributed by atoms with Gasteiger partial charge in [-0.2, -0.15) is 0 Å². The van der Waals surface area contributed by atoms with Crippen molar-refractivity contribution in [1.82, 2.24) is 4.98 Å². The van der Waals surface area contributed by atoms with E-state index in [1.165, 1.54) is 11.3 Å². The number of rotatable bonds is 3. The molecule has 0 saturated heterocycles. The molecule has 2 N–H and O–H groups in total. The molecular formula is C15H15N3O2S.